The third-order valence-corrected chi connectivity index (χ3v) is 2.99. The van der Waals surface area contributed by atoms with E-state index in [-0.39, 0.29) is 0 Å². The van der Waals surface area contributed by atoms with Crippen LogP contribution in [0, 0.1) is 29.6 Å². The SMILES string of the molecule is Cc1ccc(Nc2cc(C#N)ccc2Cl)c(C#N)c1. The van der Waals surface area contributed by atoms with E-state index in [4.69, 9.17) is 22.1 Å². The van der Waals surface area contributed by atoms with Crippen LogP contribution in [0.15, 0.2) is 36.4 Å². The Morgan fingerprint density at radius 2 is 1.79 bits per heavy atom. The summed E-state index contributed by atoms with van der Waals surface area (Å²) in [5.74, 6) is 0. The minimum atomic E-state index is 0.503. The molecular formula is C15H10ClN3. The van der Waals surface area contributed by atoms with Crippen molar-refractivity contribution in [2.45, 2.75) is 6.92 Å². The predicted octanol–water partition coefficient (Wildman–Crippen LogP) is 4.14. The molecule has 0 atom stereocenters. The van der Waals surface area contributed by atoms with Crippen LogP contribution in [0.25, 0.3) is 0 Å². The number of anilines is 2. The molecule has 3 nitrogen and oxygen atoms in total. The van der Waals surface area contributed by atoms with Gasteiger partial charge in [-0.15, -0.1) is 0 Å². The fraction of sp³-hybridized carbons (Fsp3) is 0.0667. The number of benzene rings is 2. The van der Waals surface area contributed by atoms with Gasteiger partial charge in [0.2, 0.25) is 0 Å². The van der Waals surface area contributed by atoms with Gasteiger partial charge in [0.15, 0.2) is 0 Å². The highest BCUT2D eigenvalue weighted by molar-refractivity contribution is 6.33. The van der Waals surface area contributed by atoms with Gasteiger partial charge in [0.05, 0.1) is 33.6 Å². The molecule has 4 heteroatoms. The summed E-state index contributed by atoms with van der Waals surface area (Å²) >= 11 is 6.08. The maximum atomic E-state index is 9.12. The van der Waals surface area contributed by atoms with E-state index in [2.05, 4.69) is 17.5 Å². The van der Waals surface area contributed by atoms with Crippen molar-refractivity contribution in [3.8, 4) is 12.1 Å². The molecule has 1 N–H and O–H groups in total. The van der Waals surface area contributed by atoms with Gasteiger partial charge in [-0.25, -0.2) is 0 Å². The van der Waals surface area contributed by atoms with Gasteiger partial charge in [0.25, 0.3) is 0 Å². The van der Waals surface area contributed by atoms with Gasteiger partial charge in [-0.2, -0.15) is 10.5 Å². The first-order valence-electron chi connectivity index (χ1n) is 5.61. The molecule has 0 amide bonds. The summed E-state index contributed by atoms with van der Waals surface area (Å²) in [5, 5.41) is 21.6. The Morgan fingerprint density at radius 3 is 2.47 bits per heavy atom. The van der Waals surface area contributed by atoms with Gasteiger partial charge in [-0.1, -0.05) is 17.7 Å². The number of hydrogen-bond acceptors (Lipinski definition) is 3. The summed E-state index contributed by atoms with van der Waals surface area (Å²) in [7, 11) is 0. The molecule has 0 saturated heterocycles. The lowest BCUT2D eigenvalue weighted by Crippen LogP contribution is -1.95. The summed E-state index contributed by atoms with van der Waals surface area (Å²) in [6, 6.07) is 14.7. The summed E-state index contributed by atoms with van der Waals surface area (Å²) in [5.41, 5.74) is 3.35. The second-order valence-corrected chi connectivity index (χ2v) is 4.50. The second-order valence-electron chi connectivity index (χ2n) is 4.09. The van der Waals surface area contributed by atoms with Crippen LogP contribution in [0.5, 0.6) is 0 Å². The molecule has 0 unspecified atom stereocenters. The first-order valence-corrected chi connectivity index (χ1v) is 5.99. The van der Waals surface area contributed by atoms with Gasteiger partial charge >= 0.3 is 0 Å². The Hall–Kier alpha value is -2.49. The molecular weight excluding hydrogens is 258 g/mol. The average molecular weight is 268 g/mol. The molecule has 0 bridgehead atoms. The monoisotopic (exact) mass is 267 g/mol. The molecule has 0 heterocycles. The maximum Gasteiger partial charge on any atom is 0.101 e. The van der Waals surface area contributed by atoms with Crippen molar-refractivity contribution in [1.82, 2.24) is 0 Å². The normalized spacial score (nSPS) is 9.47. The van der Waals surface area contributed by atoms with Crippen LogP contribution in [0.1, 0.15) is 16.7 Å². The Balaban J connectivity index is 2.42. The molecule has 19 heavy (non-hydrogen) atoms. The Labute approximate surface area is 116 Å². The number of nitrogens with zero attached hydrogens (tertiary/aromatic N) is 2. The summed E-state index contributed by atoms with van der Waals surface area (Å²) in [4.78, 5) is 0. The van der Waals surface area contributed by atoms with E-state index in [0.29, 0.717) is 27.5 Å². The zero-order valence-corrected chi connectivity index (χ0v) is 11.0. The molecule has 0 aliphatic carbocycles. The standard InChI is InChI=1S/C15H10ClN3/c1-10-2-5-14(12(6-10)9-18)19-15-7-11(8-17)3-4-13(15)16/h2-7,19H,1H3. The lowest BCUT2D eigenvalue weighted by atomic mass is 10.1. The maximum absolute atomic E-state index is 9.12. The molecule has 0 aromatic heterocycles. The third-order valence-electron chi connectivity index (χ3n) is 2.66. The van der Waals surface area contributed by atoms with Crippen LogP contribution < -0.4 is 5.32 Å². The van der Waals surface area contributed by atoms with E-state index in [0.717, 1.165) is 5.56 Å². The summed E-state index contributed by atoms with van der Waals surface area (Å²) in [6.07, 6.45) is 0. The highest BCUT2D eigenvalue weighted by atomic mass is 35.5. The number of nitriles is 2. The number of rotatable bonds is 2. The van der Waals surface area contributed by atoms with E-state index in [9.17, 15) is 0 Å². The van der Waals surface area contributed by atoms with Crippen LogP contribution in [-0.4, -0.2) is 0 Å². The van der Waals surface area contributed by atoms with Gasteiger partial charge < -0.3 is 5.32 Å². The Kier molecular flexibility index (Phi) is 3.71. The summed E-state index contributed by atoms with van der Waals surface area (Å²) in [6.45, 7) is 1.92. The largest absolute Gasteiger partial charge is 0.353 e. The van der Waals surface area contributed by atoms with Crippen LogP contribution in [0.4, 0.5) is 11.4 Å². The molecule has 0 aliphatic heterocycles. The van der Waals surface area contributed by atoms with Crippen molar-refractivity contribution in [3.63, 3.8) is 0 Å². The lowest BCUT2D eigenvalue weighted by molar-refractivity contribution is 1.40. The fourth-order valence-electron chi connectivity index (χ4n) is 1.70. The number of nitrogens with one attached hydrogen (secondary N) is 1. The molecule has 2 aromatic carbocycles. The molecule has 0 fully saturated rings. The number of hydrogen-bond donors (Lipinski definition) is 1. The van der Waals surface area contributed by atoms with Gasteiger partial charge in [-0.3, -0.25) is 0 Å². The molecule has 2 rings (SSSR count). The van der Waals surface area contributed by atoms with Crippen molar-refractivity contribution in [1.29, 1.82) is 10.5 Å². The quantitative estimate of drug-likeness (QED) is 0.890. The smallest absolute Gasteiger partial charge is 0.101 e. The third kappa shape index (κ3) is 2.85. The minimum Gasteiger partial charge on any atom is -0.353 e. The van der Waals surface area contributed by atoms with Crippen LogP contribution in [-0.2, 0) is 0 Å². The van der Waals surface area contributed by atoms with Crippen molar-refractivity contribution in [2.24, 2.45) is 0 Å². The Bertz CT molecular complexity index is 708. The number of aryl methyl sites for hydroxylation is 1. The Morgan fingerprint density at radius 1 is 1.00 bits per heavy atom. The van der Waals surface area contributed by atoms with E-state index in [1.54, 1.807) is 24.3 Å². The average Bonchev–Trinajstić information content (AvgIpc) is 2.43. The first-order chi connectivity index (χ1) is 9.13. The van der Waals surface area contributed by atoms with Gasteiger partial charge in [0.1, 0.15) is 6.07 Å². The van der Waals surface area contributed by atoms with Crippen LogP contribution in [0.2, 0.25) is 5.02 Å². The molecule has 2 aromatic rings. The lowest BCUT2D eigenvalue weighted by Gasteiger charge is -2.10. The topological polar surface area (TPSA) is 59.6 Å². The second kappa shape index (κ2) is 5.44. The van der Waals surface area contributed by atoms with Gasteiger partial charge in [-0.05, 0) is 42.8 Å². The van der Waals surface area contributed by atoms with Crippen LogP contribution >= 0.6 is 11.6 Å². The van der Waals surface area contributed by atoms with E-state index in [1.165, 1.54) is 0 Å². The molecule has 92 valence electrons. The van der Waals surface area contributed by atoms with Gasteiger partial charge in [0, 0.05) is 0 Å². The predicted molar refractivity (Wildman–Crippen MR) is 75.3 cm³/mol. The van der Waals surface area contributed by atoms with Crippen molar-refractivity contribution in [3.05, 3.63) is 58.1 Å². The highest BCUT2D eigenvalue weighted by Crippen LogP contribution is 2.28. The van der Waals surface area contributed by atoms with Crippen molar-refractivity contribution in [2.75, 3.05) is 5.32 Å². The van der Waals surface area contributed by atoms with Crippen molar-refractivity contribution < 1.29 is 0 Å². The van der Waals surface area contributed by atoms with Crippen molar-refractivity contribution >= 4 is 23.0 Å². The molecule has 0 radical (unpaired) electrons. The highest BCUT2D eigenvalue weighted by Gasteiger charge is 2.06. The number of halogens is 1. The van der Waals surface area contributed by atoms with E-state index in [1.807, 2.05) is 19.1 Å². The van der Waals surface area contributed by atoms with E-state index < -0.39 is 0 Å². The zero-order valence-electron chi connectivity index (χ0n) is 10.2. The molecule has 0 spiro atoms. The fourth-order valence-corrected chi connectivity index (χ4v) is 1.86. The molecule has 0 saturated carbocycles. The van der Waals surface area contributed by atoms with Crippen LogP contribution in [0.3, 0.4) is 0 Å². The molecule has 0 aliphatic rings. The first kappa shape index (κ1) is 13.0. The zero-order chi connectivity index (χ0) is 13.8. The van der Waals surface area contributed by atoms with E-state index >= 15 is 0 Å². The minimum absolute atomic E-state index is 0.503. The summed E-state index contributed by atoms with van der Waals surface area (Å²) < 4.78 is 0.